The number of aromatic nitrogens is 1. The first-order valence-corrected chi connectivity index (χ1v) is 3.28. The molecule has 0 fully saturated rings. The van der Waals surface area contributed by atoms with Gasteiger partial charge in [0.25, 0.3) is 0 Å². The van der Waals surface area contributed by atoms with E-state index >= 15 is 0 Å². The average molecular weight is 166 g/mol. The third-order valence-electron chi connectivity index (χ3n) is 1.31. The highest BCUT2D eigenvalue weighted by Gasteiger charge is 2.08. The van der Waals surface area contributed by atoms with Gasteiger partial charge in [0, 0.05) is 6.42 Å². The molecule has 5 nitrogen and oxygen atoms in total. The van der Waals surface area contributed by atoms with Crippen molar-refractivity contribution < 1.29 is 14.3 Å². The fourth-order valence-corrected chi connectivity index (χ4v) is 0.759. The van der Waals surface area contributed by atoms with E-state index in [4.69, 9.17) is 14.8 Å². The molecular formula is C7H6N2O3. The van der Waals surface area contributed by atoms with Crippen LogP contribution in [0.2, 0.25) is 0 Å². The van der Waals surface area contributed by atoms with Crippen LogP contribution in [0.4, 0.5) is 0 Å². The molecule has 62 valence electrons. The highest BCUT2D eigenvalue weighted by molar-refractivity contribution is 5.67. The van der Waals surface area contributed by atoms with Crippen molar-refractivity contribution in [2.75, 3.05) is 0 Å². The van der Waals surface area contributed by atoms with Crippen molar-refractivity contribution in [2.24, 2.45) is 0 Å². The van der Waals surface area contributed by atoms with Gasteiger partial charge in [-0.15, -0.1) is 0 Å². The summed E-state index contributed by atoms with van der Waals surface area (Å²) in [6.07, 6.45) is 1.29. The lowest BCUT2D eigenvalue weighted by molar-refractivity contribution is -0.137. The Bertz CT molecular complexity index is 324. The Kier molecular flexibility index (Phi) is 2.43. The molecule has 0 aromatic carbocycles. The minimum absolute atomic E-state index is 0.0517. The maximum absolute atomic E-state index is 10.1. The van der Waals surface area contributed by atoms with Crippen LogP contribution in [0.15, 0.2) is 10.8 Å². The second-order valence-corrected chi connectivity index (χ2v) is 2.13. The minimum atomic E-state index is -0.921. The third kappa shape index (κ3) is 1.83. The Morgan fingerprint density at radius 1 is 1.83 bits per heavy atom. The Morgan fingerprint density at radius 2 is 2.58 bits per heavy atom. The van der Waals surface area contributed by atoms with Gasteiger partial charge < -0.3 is 9.52 Å². The van der Waals surface area contributed by atoms with Crippen molar-refractivity contribution >= 4 is 5.97 Å². The number of aliphatic carboxylic acids is 1. The molecule has 12 heavy (non-hydrogen) atoms. The Labute approximate surface area is 68.3 Å². The van der Waals surface area contributed by atoms with Gasteiger partial charge in [-0.2, -0.15) is 5.26 Å². The average Bonchev–Trinajstić information content (AvgIpc) is 2.47. The highest BCUT2D eigenvalue weighted by atomic mass is 16.4. The fraction of sp³-hybridized carbons (Fsp3) is 0.286. The van der Waals surface area contributed by atoms with Crippen LogP contribution < -0.4 is 0 Å². The zero-order valence-electron chi connectivity index (χ0n) is 6.15. The van der Waals surface area contributed by atoms with Crippen LogP contribution in [0, 0.1) is 11.3 Å². The summed E-state index contributed by atoms with van der Waals surface area (Å²) in [5, 5.41) is 16.8. The Balaban J connectivity index is 2.64. The van der Waals surface area contributed by atoms with Crippen molar-refractivity contribution in [3.05, 3.63) is 17.8 Å². The molecule has 0 atom stereocenters. The fourth-order valence-electron chi connectivity index (χ4n) is 0.759. The highest BCUT2D eigenvalue weighted by Crippen LogP contribution is 2.07. The lowest BCUT2D eigenvalue weighted by atomic mass is 10.2. The number of rotatable bonds is 3. The standard InChI is InChI=1S/C7H6N2O3/c8-3-5-6(12-4-9-5)1-2-7(10)11/h4H,1-2H2,(H,10,11). The lowest BCUT2D eigenvalue weighted by Crippen LogP contribution is -1.97. The van der Waals surface area contributed by atoms with Gasteiger partial charge in [-0.05, 0) is 0 Å². The van der Waals surface area contributed by atoms with E-state index in [0.29, 0.717) is 5.76 Å². The number of carboxylic acids is 1. The van der Waals surface area contributed by atoms with Crippen LogP contribution in [-0.2, 0) is 11.2 Å². The monoisotopic (exact) mass is 166 g/mol. The van der Waals surface area contributed by atoms with E-state index in [9.17, 15) is 4.79 Å². The summed E-state index contributed by atoms with van der Waals surface area (Å²) in [5.74, 6) is -0.588. The van der Waals surface area contributed by atoms with Crippen molar-refractivity contribution in [1.82, 2.24) is 4.98 Å². The Hall–Kier alpha value is -1.83. The van der Waals surface area contributed by atoms with Crippen LogP contribution in [0.25, 0.3) is 0 Å². The maximum Gasteiger partial charge on any atom is 0.303 e. The van der Waals surface area contributed by atoms with Crippen LogP contribution in [0.3, 0.4) is 0 Å². The zero-order valence-corrected chi connectivity index (χ0v) is 6.15. The number of carbonyl (C=O) groups is 1. The summed E-state index contributed by atoms with van der Waals surface area (Å²) in [7, 11) is 0. The molecule has 1 aromatic heterocycles. The smallest absolute Gasteiger partial charge is 0.303 e. The van der Waals surface area contributed by atoms with E-state index in [2.05, 4.69) is 4.98 Å². The van der Waals surface area contributed by atoms with Crippen LogP contribution >= 0.6 is 0 Å². The lowest BCUT2D eigenvalue weighted by Gasteiger charge is -1.90. The molecule has 0 saturated carbocycles. The largest absolute Gasteiger partial charge is 0.481 e. The summed E-state index contributed by atoms with van der Waals surface area (Å²) in [6, 6.07) is 1.80. The molecular weight excluding hydrogens is 160 g/mol. The SMILES string of the molecule is N#Cc1ncoc1CCC(=O)O. The van der Waals surface area contributed by atoms with Gasteiger partial charge in [0.05, 0.1) is 6.42 Å². The van der Waals surface area contributed by atoms with Gasteiger partial charge in [0.2, 0.25) is 0 Å². The summed E-state index contributed by atoms with van der Waals surface area (Å²) < 4.78 is 4.81. The number of nitrogens with zero attached hydrogens (tertiary/aromatic N) is 2. The maximum atomic E-state index is 10.1. The number of oxazole rings is 1. The molecule has 0 unspecified atom stereocenters. The predicted octanol–water partition coefficient (Wildman–Crippen LogP) is 0.563. The van der Waals surface area contributed by atoms with Gasteiger partial charge in [-0.1, -0.05) is 0 Å². The molecule has 5 heteroatoms. The summed E-state index contributed by atoms with van der Waals surface area (Å²) in [6.45, 7) is 0. The first kappa shape index (κ1) is 8.27. The van der Waals surface area contributed by atoms with Crippen molar-refractivity contribution in [2.45, 2.75) is 12.8 Å². The van der Waals surface area contributed by atoms with Gasteiger partial charge in [-0.3, -0.25) is 4.79 Å². The number of aryl methyl sites for hydroxylation is 1. The molecule has 0 aliphatic carbocycles. The zero-order chi connectivity index (χ0) is 8.97. The molecule has 0 spiro atoms. The molecule has 0 saturated heterocycles. The molecule has 0 radical (unpaired) electrons. The van der Waals surface area contributed by atoms with E-state index in [1.165, 1.54) is 0 Å². The van der Waals surface area contributed by atoms with E-state index in [1.807, 2.05) is 0 Å². The molecule has 0 amide bonds. The van der Waals surface area contributed by atoms with Crippen LogP contribution in [0.1, 0.15) is 17.9 Å². The summed E-state index contributed by atoms with van der Waals surface area (Å²) in [4.78, 5) is 13.7. The third-order valence-corrected chi connectivity index (χ3v) is 1.31. The van der Waals surface area contributed by atoms with Crippen LogP contribution in [-0.4, -0.2) is 16.1 Å². The van der Waals surface area contributed by atoms with Gasteiger partial charge >= 0.3 is 5.97 Å². The Morgan fingerprint density at radius 3 is 3.17 bits per heavy atom. The molecule has 1 heterocycles. The van der Waals surface area contributed by atoms with Crippen molar-refractivity contribution in [3.63, 3.8) is 0 Å². The number of hydrogen-bond donors (Lipinski definition) is 1. The first-order valence-electron chi connectivity index (χ1n) is 3.28. The number of hydrogen-bond acceptors (Lipinski definition) is 4. The van der Waals surface area contributed by atoms with Crippen molar-refractivity contribution in [3.8, 4) is 6.07 Å². The van der Waals surface area contributed by atoms with E-state index in [-0.39, 0.29) is 18.5 Å². The first-order chi connectivity index (χ1) is 5.74. The molecule has 1 aromatic rings. The normalized spacial score (nSPS) is 9.25. The van der Waals surface area contributed by atoms with Gasteiger partial charge in [0.15, 0.2) is 12.1 Å². The molecule has 1 N–H and O–H groups in total. The predicted molar refractivity (Wildman–Crippen MR) is 37.2 cm³/mol. The second-order valence-electron chi connectivity index (χ2n) is 2.13. The summed E-state index contributed by atoms with van der Waals surface area (Å²) in [5.41, 5.74) is 0.163. The number of nitriles is 1. The molecule has 0 bridgehead atoms. The minimum Gasteiger partial charge on any atom is -0.481 e. The number of carboxylic acid groups (broad SMARTS) is 1. The van der Waals surface area contributed by atoms with E-state index < -0.39 is 5.97 Å². The molecule has 0 aliphatic heterocycles. The topological polar surface area (TPSA) is 87.1 Å². The second kappa shape index (κ2) is 3.53. The molecule has 1 rings (SSSR count). The van der Waals surface area contributed by atoms with Gasteiger partial charge in [-0.25, -0.2) is 4.98 Å². The quantitative estimate of drug-likeness (QED) is 0.708. The van der Waals surface area contributed by atoms with E-state index in [1.54, 1.807) is 6.07 Å². The van der Waals surface area contributed by atoms with E-state index in [0.717, 1.165) is 6.39 Å². The van der Waals surface area contributed by atoms with Crippen LogP contribution in [0.5, 0.6) is 0 Å². The van der Waals surface area contributed by atoms with Crippen molar-refractivity contribution in [1.29, 1.82) is 5.26 Å². The summed E-state index contributed by atoms with van der Waals surface area (Å²) >= 11 is 0. The molecule has 0 aliphatic rings. The van der Waals surface area contributed by atoms with Gasteiger partial charge in [0.1, 0.15) is 11.8 Å².